The van der Waals surface area contributed by atoms with Gasteiger partial charge in [-0.25, -0.2) is 0 Å². The molecule has 1 saturated carbocycles. The smallest absolute Gasteiger partial charge is 0.225 e. The molecule has 2 N–H and O–H groups in total. The monoisotopic (exact) mass is 168 g/mol. The highest BCUT2D eigenvalue weighted by Gasteiger charge is 2.39. The first kappa shape index (κ1) is 8.05. The van der Waals surface area contributed by atoms with Crippen LogP contribution in [0.4, 0.5) is 0 Å². The van der Waals surface area contributed by atoms with Crippen molar-refractivity contribution >= 4 is 5.91 Å². The molecule has 1 amide bonds. The molecule has 3 nitrogen and oxygen atoms in total. The molecule has 0 aromatic rings. The van der Waals surface area contributed by atoms with Crippen LogP contribution in [-0.4, -0.2) is 29.4 Å². The molecule has 2 rings (SSSR count). The third-order valence-corrected chi connectivity index (χ3v) is 2.74. The summed E-state index contributed by atoms with van der Waals surface area (Å²) in [6.45, 7) is 3.64. The van der Waals surface area contributed by atoms with Gasteiger partial charge in [-0.2, -0.15) is 0 Å². The number of likely N-dealkylation sites (tertiary alicyclic amines) is 1. The molecule has 1 aliphatic heterocycles. The van der Waals surface area contributed by atoms with Crippen molar-refractivity contribution in [1.82, 2.24) is 4.90 Å². The predicted octanol–water partition coefficient (Wildman–Crippen LogP) is 0.346. The number of hydrogen-bond acceptors (Lipinski definition) is 2. The second kappa shape index (κ2) is 2.46. The molecule has 2 aliphatic rings. The lowest BCUT2D eigenvalue weighted by atomic mass is 10.0. The van der Waals surface area contributed by atoms with Gasteiger partial charge in [-0.05, 0) is 26.2 Å². The van der Waals surface area contributed by atoms with Gasteiger partial charge in [-0.1, -0.05) is 0 Å². The van der Waals surface area contributed by atoms with Crippen molar-refractivity contribution < 1.29 is 4.79 Å². The van der Waals surface area contributed by atoms with Crippen LogP contribution in [-0.2, 0) is 4.79 Å². The standard InChI is InChI=1S/C9H16N2O/c1-9(10)4-5-11(6-9)8(12)7-2-3-7/h7H,2-6,10H2,1H3. The summed E-state index contributed by atoms with van der Waals surface area (Å²) in [6, 6.07) is 0. The van der Waals surface area contributed by atoms with Gasteiger partial charge < -0.3 is 10.6 Å². The molecule has 3 heteroatoms. The molecular formula is C9H16N2O. The minimum Gasteiger partial charge on any atom is -0.341 e. The fourth-order valence-corrected chi connectivity index (χ4v) is 1.76. The van der Waals surface area contributed by atoms with Crippen LogP contribution in [0.15, 0.2) is 0 Å². The Bertz CT molecular complexity index is 209. The van der Waals surface area contributed by atoms with Crippen molar-refractivity contribution in [2.75, 3.05) is 13.1 Å². The Labute approximate surface area is 72.9 Å². The van der Waals surface area contributed by atoms with Crippen LogP contribution in [0, 0.1) is 5.92 Å². The highest BCUT2D eigenvalue weighted by molar-refractivity contribution is 5.81. The summed E-state index contributed by atoms with van der Waals surface area (Å²) < 4.78 is 0. The maximum Gasteiger partial charge on any atom is 0.225 e. The largest absolute Gasteiger partial charge is 0.341 e. The lowest BCUT2D eigenvalue weighted by Crippen LogP contribution is -2.41. The molecule has 68 valence electrons. The number of amides is 1. The molecular weight excluding hydrogens is 152 g/mol. The highest BCUT2D eigenvalue weighted by atomic mass is 16.2. The first-order valence-electron chi connectivity index (χ1n) is 4.66. The minimum atomic E-state index is -0.134. The summed E-state index contributed by atoms with van der Waals surface area (Å²) >= 11 is 0. The molecule has 0 spiro atoms. The van der Waals surface area contributed by atoms with Gasteiger partial charge in [-0.15, -0.1) is 0 Å². The SMILES string of the molecule is CC1(N)CCN(C(=O)C2CC2)C1. The molecule has 1 heterocycles. The summed E-state index contributed by atoms with van der Waals surface area (Å²) in [5, 5.41) is 0. The first-order chi connectivity index (χ1) is 5.58. The number of carbonyl (C=O) groups excluding carboxylic acids is 1. The fraction of sp³-hybridized carbons (Fsp3) is 0.889. The highest BCUT2D eigenvalue weighted by Crippen LogP contribution is 2.33. The Morgan fingerprint density at radius 2 is 2.25 bits per heavy atom. The van der Waals surface area contributed by atoms with Crippen LogP contribution in [0.1, 0.15) is 26.2 Å². The van der Waals surface area contributed by atoms with Gasteiger partial charge in [-0.3, -0.25) is 4.79 Å². The van der Waals surface area contributed by atoms with E-state index < -0.39 is 0 Å². The van der Waals surface area contributed by atoms with Gasteiger partial charge in [0, 0.05) is 24.5 Å². The van der Waals surface area contributed by atoms with Crippen molar-refractivity contribution in [1.29, 1.82) is 0 Å². The van der Waals surface area contributed by atoms with Crippen LogP contribution < -0.4 is 5.73 Å². The lowest BCUT2D eigenvalue weighted by Gasteiger charge is -2.19. The third-order valence-electron chi connectivity index (χ3n) is 2.74. The number of nitrogens with zero attached hydrogens (tertiary/aromatic N) is 1. The van der Waals surface area contributed by atoms with Gasteiger partial charge in [0.25, 0.3) is 0 Å². The normalized spacial score (nSPS) is 35.7. The van der Waals surface area contributed by atoms with E-state index in [0.29, 0.717) is 11.8 Å². The van der Waals surface area contributed by atoms with Gasteiger partial charge in [0.05, 0.1) is 0 Å². The minimum absolute atomic E-state index is 0.134. The molecule has 1 unspecified atom stereocenters. The van der Waals surface area contributed by atoms with E-state index in [4.69, 9.17) is 5.73 Å². The zero-order valence-electron chi connectivity index (χ0n) is 7.55. The summed E-state index contributed by atoms with van der Waals surface area (Å²) in [7, 11) is 0. The van der Waals surface area contributed by atoms with E-state index in [1.807, 2.05) is 11.8 Å². The van der Waals surface area contributed by atoms with E-state index in [9.17, 15) is 4.79 Å². The maximum absolute atomic E-state index is 11.6. The van der Waals surface area contributed by atoms with Crippen molar-refractivity contribution in [2.24, 2.45) is 11.7 Å². The molecule has 1 aliphatic carbocycles. The summed E-state index contributed by atoms with van der Waals surface area (Å²) in [5.41, 5.74) is 5.80. The first-order valence-corrected chi connectivity index (χ1v) is 4.66. The van der Waals surface area contributed by atoms with Crippen LogP contribution in [0.25, 0.3) is 0 Å². The molecule has 1 saturated heterocycles. The Morgan fingerprint density at radius 1 is 1.58 bits per heavy atom. The van der Waals surface area contributed by atoms with E-state index in [1.165, 1.54) is 0 Å². The summed E-state index contributed by atoms with van der Waals surface area (Å²) in [5.74, 6) is 0.683. The molecule has 0 radical (unpaired) electrons. The molecule has 2 fully saturated rings. The van der Waals surface area contributed by atoms with Crippen molar-refractivity contribution in [2.45, 2.75) is 31.7 Å². The topological polar surface area (TPSA) is 46.3 Å². The van der Waals surface area contributed by atoms with Gasteiger partial charge in [0.2, 0.25) is 5.91 Å². The summed E-state index contributed by atoms with van der Waals surface area (Å²) in [4.78, 5) is 13.5. The molecule has 12 heavy (non-hydrogen) atoms. The molecule has 0 aromatic heterocycles. The van der Waals surface area contributed by atoms with Crippen molar-refractivity contribution in [3.05, 3.63) is 0 Å². The third kappa shape index (κ3) is 1.46. The second-order valence-corrected chi connectivity index (χ2v) is 4.44. The number of rotatable bonds is 1. The second-order valence-electron chi connectivity index (χ2n) is 4.44. The van der Waals surface area contributed by atoms with E-state index in [1.54, 1.807) is 0 Å². The Hall–Kier alpha value is -0.570. The maximum atomic E-state index is 11.6. The van der Waals surface area contributed by atoms with Crippen molar-refractivity contribution in [3.63, 3.8) is 0 Å². The van der Waals surface area contributed by atoms with Crippen molar-refractivity contribution in [3.8, 4) is 0 Å². The lowest BCUT2D eigenvalue weighted by molar-refractivity contribution is -0.131. The summed E-state index contributed by atoms with van der Waals surface area (Å²) in [6.07, 6.45) is 3.14. The van der Waals surface area contributed by atoms with Crippen LogP contribution >= 0.6 is 0 Å². The van der Waals surface area contributed by atoms with Gasteiger partial charge >= 0.3 is 0 Å². The quantitative estimate of drug-likeness (QED) is 0.614. The zero-order valence-corrected chi connectivity index (χ0v) is 7.55. The van der Waals surface area contributed by atoms with E-state index in [-0.39, 0.29) is 5.54 Å². The molecule has 0 bridgehead atoms. The van der Waals surface area contributed by atoms with E-state index in [2.05, 4.69) is 0 Å². The molecule has 0 aromatic carbocycles. The Balaban J connectivity index is 1.94. The average Bonchev–Trinajstić information content (AvgIpc) is 2.75. The average molecular weight is 168 g/mol. The molecule has 1 atom stereocenters. The van der Waals surface area contributed by atoms with Gasteiger partial charge in [0.1, 0.15) is 0 Å². The Morgan fingerprint density at radius 3 is 2.67 bits per heavy atom. The number of nitrogens with two attached hydrogens (primary N) is 1. The van der Waals surface area contributed by atoms with Crippen LogP contribution in [0.5, 0.6) is 0 Å². The number of hydrogen-bond donors (Lipinski definition) is 1. The van der Waals surface area contributed by atoms with Gasteiger partial charge in [0.15, 0.2) is 0 Å². The zero-order chi connectivity index (χ0) is 8.77. The Kier molecular flexibility index (Phi) is 1.65. The number of carbonyl (C=O) groups is 1. The van der Waals surface area contributed by atoms with Crippen LogP contribution in [0.2, 0.25) is 0 Å². The fourth-order valence-electron chi connectivity index (χ4n) is 1.76. The van der Waals surface area contributed by atoms with Crippen LogP contribution in [0.3, 0.4) is 0 Å². The van der Waals surface area contributed by atoms with E-state index in [0.717, 1.165) is 32.4 Å². The van der Waals surface area contributed by atoms with E-state index >= 15 is 0 Å². The predicted molar refractivity (Wildman–Crippen MR) is 46.5 cm³/mol.